The zero-order chi connectivity index (χ0) is 29.6. The number of hydrogen-bond donors (Lipinski definition) is 10. The lowest BCUT2D eigenvalue weighted by Gasteiger charge is -2.45. The molecule has 0 amide bonds. The average Bonchev–Trinajstić information content (AvgIpc) is 2.94. The van der Waals surface area contributed by atoms with E-state index in [-0.39, 0.29) is 34.2 Å². The van der Waals surface area contributed by atoms with Crippen molar-refractivity contribution >= 4 is 5.76 Å². The van der Waals surface area contributed by atoms with Crippen molar-refractivity contribution in [2.75, 3.05) is 13.2 Å². The topological polar surface area (TPSA) is 248 Å². The second-order valence-corrected chi connectivity index (χ2v) is 9.83. The third kappa shape index (κ3) is 5.59. The van der Waals surface area contributed by atoms with E-state index in [1.165, 1.54) is 24.3 Å². The summed E-state index contributed by atoms with van der Waals surface area (Å²) in [5.41, 5.74) is 0.309. The zero-order valence-corrected chi connectivity index (χ0v) is 21.2. The van der Waals surface area contributed by atoms with Crippen molar-refractivity contribution in [3.63, 3.8) is 0 Å². The van der Waals surface area contributed by atoms with Crippen LogP contribution in [-0.2, 0) is 23.7 Å². The molecule has 41 heavy (non-hydrogen) atoms. The van der Waals surface area contributed by atoms with Crippen molar-refractivity contribution in [1.29, 1.82) is 0 Å². The fourth-order valence-corrected chi connectivity index (χ4v) is 4.75. The quantitative estimate of drug-likeness (QED) is 0.167. The van der Waals surface area contributed by atoms with Crippen LogP contribution in [0, 0.1) is 0 Å². The molecule has 0 radical (unpaired) electrons. The van der Waals surface area contributed by atoms with Gasteiger partial charge in [-0.2, -0.15) is 0 Å². The van der Waals surface area contributed by atoms with Gasteiger partial charge in [0, 0.05) is 23.3 Å². The minimum atomic E-state index is -1.79. The van der Waals surface area contributed by atoms with Crippen molar-refractivity contribution in [2.24, 2.45) is 0 Å². The standard InChI is InChI=1S/C26H30O15/c27-7-18-20(34)21(35)24(41-25-22(36)19(33)15(32)8-37-25)26(40-18)39-17-6-11-13(30)4-10(28)5-16(11)38-23(17)9-1-2-12(29)14(31)3-9/h1-6,15-16,18-22,24-36H,7-8H2/t15-,16?,18-,19+,20-,21+,22-,24-,25+,26-/m1/s1. The van der Waals surface area contributed by atoms with E-state index in [4.69, 9.17) is 23.7 Å². The summed E-state index contributed by atoms with van der Waals surface area (Å²) in [4.78, 5) is 0. The van der Waals surface area contributed by atoms with Gasteiger partial charge in [0.1, 0.15) is 54.2 Å². The average molecular weight is 583 g/mol. The van der Waals surface area contributed by atoms with E-state index in [0.29, 0.717) is 0 Å². The van der Waals surface area contributed by atoms with Gasteiger partial charge in [0.25, 0.3) is 0 Å². The second-order valence-electron chi connectivity index (χ2n) is 9.83. The summed E-state index contributed by atoms with van der Waals surface area (Å²) in [5.74, 6) is -1.83. The molecule has 1 aliphatic carbocycles. The Morgan fingerprint density at radius 2 is 1.61 bits per heavy atom. The summed E-state index contributed by atoms with van der Waals surface area (Å²) in [6.07, 6.45) is -11.9. The van der Waals surface area contributed by atoms with Gasteiger partial charge in [-0.1, -0.05) is 0 Å². The number of phenols is 2. The number of aliphatic hydroxyl groups excluding tert-OH is 8. The number of hydrogen-bond acceptors (Lipinski definition) is 15. The lowest BCUT2D eigenvalue weighted by molar-refractivity contribution is -0.351. The summed E-state index contributed by atoms with van der Waals surface area (Å²) in [6, 6.07) is 3.70. The van der Waals surface area contributed by atoms with Crippen molar-refractivity contribution in [1.82, 2.24) is 0 Å². The maximum absolute atomic E-state index is 10.9. The van der Waals surface area contributed by atoms with Crippen molar-refractivity contribution < 1.29 is 74.7 Å². The third-order valence-electron chi connectivity index (χ3n) is 7.01. The van der Waals surface area contributed by atoms with Crippen molar-refractivity contribution in [3.8, 4) is 11.5 Å². The highest BCUT2D eigenvalue weighted by molar-refractivity contribution is 5.70. The van der Waals surface area contributed by atoms with Gasteiger partial charge >= 0.3 is 0 Å². The van der Waals surface area contributed by atoms with Crippen LogP contribution in [0.3, 0.4) is 0 Å². The molecule has 0 spiro atoms. The van der Waals surface area contributed by atoms with Gasteiger partial charge in [-0.05, 0) is 24.3 Å². The number of ether oxygens (including phenoxy) is 5. The van der Waals surface area contributed by atoms with E-state index in [2.05, 4.69) is 0 Å². The van der Waals surface area contributed by atoms with Gasteiger partial charge in [0.2, 0.25) is 6.29 Å². The van der Waals surface area contributed by atoms with Gasteiger partial charge in [0.05, 0.1) is 13.2 Å². The molecule has 224 valence electrons. The number of rotatable bonds is 6. The van der Waals surface area contributed by atoms with Crippen molar-refractivity contribution in [3.05, 3.63) is 64.8 Å². The number of fused-ring (bicyclic) bond motifs is 1. The second kappa shape index (κ2) is 11.5. The number of allylic oxidation sites excluding steroid dienone is 2. The highest BCUT2D eigenvalue weighted by Gasteiger charge is 2.50. The van der Waals surface area contributed by atoms with Gasteiger partial charge in [-0.25, -0.2) is 0 Å². The molecular formula is C26H30O15. The van der Waals surface area contributed by atoms with Crippen LogP contribution in [0.15, 0.2) is 59.3 Å². The van der Waals surface area contributed by atoms with Gasteiger partial charge in [0.15, 0.2) is 35.4 Å². The number of phenolic OH excluding ortho intramolecular Hbond substituents is 2. The van der Waals surface area contributed by atoms with Gasteiger partial charge in [-0.3, -0.25) is 0 Å². The molecule has 10 atom stereocenters. The highest BCUT2D eigenvalue weighted by Crippen LogP contribution is 2.40. The first-order valence-electron chi connectivity index (χ1n) is 12.6. The van der Waals surface area contributed by atoms with E-state index in [9.17, 15) is 51.1 Å². The van der Waals surface area contributed by atoms with Crippen LogP contribution in [-0.4, -0.2) is 126 Å². The molecule has 15 heteroatoms. The van der Waals surface area contributed by atoms with E-state index >= 15 is 0 Å². The first-order chi connectivity index (χ1) is 19.5. The van der Waals surface area contributed by atoms with E-state index in [1.807, 2.05) is 0 Å². The molecule has 1 unspecified atom stereocenters. The monoisotopic (exact) mass is 582 g/mol. The molecular weight excluding hydrogens is 552 g/mol. The zero-order valence-electron chi connectivity index (χ0n) is 21.2. The molecule has 2 saturated heterocycles. The largest absolute Gasteiger partial charge is 0.508 e. The van der Waals surface area contributed by atoms with E-state index in [1.54, 1.807) is 0 Å². The van der Waals surface area contributed by atoms with Crippen LogP contribution in [0.1, 0.15) is 5.56 Å². The Morgan fingerprint density at radius 3 is 2.32 bits per heavy atom. The molecule has 1 aromatic rings. The summed E-state index contributed by atoms with van der Waals surface area (Å²) >= 11 is 0. The van der Waals surface area contributed by atoms with Crippen LogP contribution in [0.2, 0.25) is 0 Å². The summed E-state index contributed by atoms with van der Waals surface area (Å²) < 4.78 is 28.6. The first kappa shape index (κ1) is 29.1. The van der Waals surface area contributed by atoms with Gasteiger partial charge < -0.3 is 74.7 Å². The maximum atomic E-state index is 10.9. The normalized spacial score (nSPS) is 37.4. The minimum Gasteiger partial charge on any atom is -0.508 e. The van der Waals surface area contributed by atoms with Crippen LogP contribution < -0.4 is 0 Å². The van der Waals surface area contributed by atoms with Crippen LogP contribution in [0.25, 0.3) is 5.76 Å². The Labute approximate surface area is 231 Å². The molecule has 0 bridgehead atoms. The Kier molecular flexibility index (Phi) is 8.15. The molecule has 10 N–H and O–H groups in total. The molecule has 2 fully saturated rings. The fraction of sp³-hybridized carbons (Fsp3) is 0.462. The molecule has 5 rings (SSSR count). The Bertz CT molecular complexity index is 1270. The molecule has 3 heterocycles. The molecule has 0 aromatic heterocycles. The lowest BCUT2D eigenvalue weighted by Crippen LogP contribution is -2.63. The predicted molar refractivity (Wildman–Crippen MR) is 133 cm³/mol. The SMILES string of the molecule is OC[C@H]1O[C@@H](OC2=C(c3ccc(O)c(O)c3)OC3C=C(O)C=C(O)C3=C2)[C@H](O[C@@H]2OC[C@@H](O)[C@H](O)[C@H]2O)[C@@H](O)[C@@H]1O. The predicted octanol–water partition coefficient (Wildman–Crippen LogP) is -1.73. The minimum absolute atomic E-state index is 0.0798. The van der Waals surface area contributed by atoms with Crippen LogP contribution >= 0.6 is 0 Å². The van der Waals surface area contributed by atoms with Gasteiger partial charge in [-0.15, -0.1) is 0 Å². The van der Waals surface area contributed by atoms with E-state index in [0.717, 1.165) is 12.1 Å². The number of aliphatic hydroxyl groups is 8. The number of aromatic hydroxyl groups is 2. The Hall–Kier alpha value is -3.38. The lowest BCUT2D eigenvalue weighted by atomic mass is 9.96. The molecule has 1 aromatic carbocycles. The molecule has 0 saturated carbocycles. The fourth-order valence-electron chi connectivity index (χ4n) is 4.75. The maximum Gasteiger partial charge on any atom is 0.229 e. The molecule has 4 aliphatic rings. The summed E-state index contributed by atoms with van der Waals surface area (Å²) in [6.45, 7) is -1.17. The Morgan fingerprint density at radius 1 is 0.854 bits per heavy atom. The molecule has 15 nitrogen and oxygen atoms in total. The summed E-state index contributed by atoms with van der Waals surface area (Å²) in [5, 5.41) is 101. The van der Waals surface area contributed by atoms with Crippen molar-refractivity contribution in [2.45, 2.75) is 61.4 Å². The number of benzene rings is 1. The van der Waals surface area contributed by atoms with Crippen LogP contribution in [0.4, 0.5) is 0 Å². The van der Waals surface area contributed by atoms with E-state index < -0.39 is 86.1 Å². The first-order valence-corrected chi connectivity index (χ1v) is 12.6. The highest BCUT2D eigenvalue weighted by atomic mass is 16.8. The Balaban J connectivity index is 1.53. The summed E-state index contributed by atoms with van der Waals surface area (Å²) in [7, 11) is 0. The molecule has 3 aliphatic heterocycles. The van der Waals surface area contributed by atoms with Crippen LogP contribution in [0.5, 0.6) is 11.5 Å². The smallest absolute Gasteiger partial charge is 0.229 e. The third-order valence-corrected chi connectivity index (χ3v) is 7.01.